The second-order valence-electron chi connectivity index (χ2n) is 7.07. The van der Waals surface area contributed by atoms with Crippen molar-refractivity contribution in [3.8, 4) is 0 Å². The second-order valence-corrected chi connectivity index (χ2v) is 9.43. The van der Waals surface area contributed by atoms with Crippen LogP contribution in [0.1, 0.15) is 38.8 Å². The Balaban J connectivity index is 0.000000758. The van der Waals surface area contributed by atoms with Crippen LogP contribution in [0.4, 0.5) is 5.69 Å². The average molecular weight is 495 g/mol. The number of hydrogen-bond acceptors (Lipinski definition) is 6. The maximum atomic E-state index is 11.1. The van der Waals surface area contributed by atoms with Gasteiger partial charge in [0.15, 0.2) is 0 Å². The van der Waals surface area contributed by atoms with E-state index in [4.69, 9.17) is 28.5 Å². The summed E-state index contributed by atoms with van der Waals surface area (Å²) in [4.78, 5) is 19.7. The third-order valence-corrected chi connectivity index (χ3v) is 3.61. The summed E-state index contributed by atoms with van der Waals surface area (Å²) in [6, 6.07) is 4.55. The number of benzene rings is 1. The second kappa shape index (κ2) is 8.22. The first-order chi connectivity index (χ1) is 12.1. The van der Waals surface area contributed by atoms with Gasteiger partial charge < -0.3 is 9.47 Å². The summed E-state index contributed by atoms with van der Waals surface area (Å²) in [6.07, 6.45) is 0. The predicted molar refractivity (Wildman–Crippen MR) is 97.9 cm³/mol. The molecule has 0 amide bonds. The van der Waals surface area contributed by atoms with Gasteiger partial charge in [-0.3, -0.25) is 10.1 Å². The van der Waals surface area contributed by atoms with E-state index >= 15 is 0 Å². The average Bonchev–Trinajstić information content (AvgIpc) is 3.09. The van der Waals surface area contributed by atoms with E-state index in [1.807, 2.05) is 27.7 Å². The van der Waals surface area contributed by atoms with Crippen molar-refractivity contribution in [1.29, 1.82) is 0 Å². The van der Waals surface area contributed by atoms with Crippen LogP contribution in [-0.4, -0.2) is 41.0 Å². The van der Waals surface area contributed by atoms with Gasteiger partial charge in [0, 0.05) is 17.7 Å². The number of nitro groups is 1. The van der Waals surface area contributed by atoms with Crippen LogP contribution in [0.25, 0.3) is 0 Å². The van der Waals surface area contributed by atoms with E-state index in [1.165, 1.54) is 12.1 Å². The standard InChI is InChI=1S/C16H19N3O4.2ClH.Pd/c1-15(2)8-22-13(17-15)11-6-5-10(19(20)21)7-12(11)14-18-16(3,4)9-23-14;;;/h5-7H,8-9H2,1-4H3;2*1H;/q;;;+2/p-2. The summed E-state index contributed by atoms with van der Waals surface area (Å²) in [5.41, 5.74) is 0.525. The molecule has 0 saturated carbocycles. The monoisotopic (exact) mass is 493 g/mol. The molecule has 0 spiro atoms. The van der Waals surface area contributed by atoms with Gasteiger partial charge in [-0.25, -0.2) is 9.98 Å². The van der Waals surface area contributed by atoms with Gasteiger partial charge in [0.2, 0.25) is 11.8 Å². The van der Waals surface area contributed by atoms with Crippen LogP contribution in [0.2, 0.25) is 0 Å². The summed E-state index contributed by atoms with van der Waals surface area (Å²) in [7, 11) is 9.63. The molecule has 7 nitrogen and oxygen atoms in total. The Bertz CT molecular complexity index is 766. The third kappa shape index (κ3) is 5.17. The molecule has 2 aliphatic heterocycles. The number of rotatable bonds is 3. The van der Waals surface area contributed by atoms with Crippen molar-refractivity contribution in [2.45, 2.75) is 38.8 Å². The Hall–Kier alpha value is -1.20. The molecule has 0 N–H and O–H groups in total. The number of hydrogen-bond donors (Lipinski definition) is 0. The molecule has 2 aliphatic rings. The normalized spacial score (nSPS) is 19.6. The van der Waals surface area contributed by atoms with Gasteiger partial charge in [-0.15, -0.1) is 0 Å². The molecule has 0 radical (unpaired) electrons. The Morgan fingerprint density at radius 3 is 1.88 bits per heavy atom. The Morgan fingerprint density at radius 1 is 1.04 bits per heavy atom. The van der Waals surface area contributed by atoms with E-state index in [-0.39, 0.29) is 32.7 Å². The molecule has 0 aromatic heterocycles. The van der Waals surface area contributed by atoms with Gasteiger partial charge in [0.25, 0.3) is 5.69 Å². The summed E-state index contributed by atoms with van der Waals surface area (Å²) in [5, 5.41) is 11.1. The number of nitrogens with zero attached hydrogens (tertiary/aromatic N) is 3. The molecule has 3 rings (SSSR count). The zero-order chi connectivity index (χ0) is 19.5. The van der Waals surface area contributed by atoms with Crippen molar-refractivity contribution in [2.24, 2.45) is 9.98 Å². The van der Waals surface area contributed by atoms with E-state index in [0.717, 1.165) is 0 Å². The molecule has 0 saturated heterocycles. The molecule has 10 heteroatoms. The van der Waals surface area contributed by atoms with Crippen molar-refractivity contribution in [2.75, 3.05) is 13.2 Å². The Kier molecular flexibility index (Phi) is 6.67. The fourth-order valence-electron chi connectivity index (χ4n) is 2.45. The van der Waals surface area contributed by atoms with Gasteiger partial charge in [0.1, 0.15) is 13.2 Å². The SMILES string of the molecule is CC1(C)COC(c2ccc([N+](=O)[O-])cc2C2=NC(C)(C)CO2)=N1.[Cl][Pd][Cl]. The molecule has 1 aromatic carbocycles. The van der Waals surface area contributed by atoms with E-state index in [1.54, 1.807) is 6.07 Å². The Morgan fingerprint density at radius 2 is 1.50 bits per heavy atom. The molecule has 146 valence electrons. The van der Waals surface area contributed by atoms with E-state index in [2.05, 4.69) is 9.98 Å². The first-order valence-electron chi connectivity index (χ1n) is 7.65. The number of ether oxygens (including phenoxy) is 2. The maximum absolute atomic E-state index is 11.1. The van der Waals surface area contributed by atoms with Crippen LogP contribution in [0.5, 0.6) is 0 Å². The molecule has 2 heterocycles. The first kappa shape index (κ1) is 21.1. The van der Waals surface area contributed by atoms with Gasteiger partial charge in [-0.05, 0) is 33.8 Å². The van der Waals surface area contributed by atoms with E-state index in [0.29, 0.717) is 36.1 Å². The van der Waals surface area contributed by atoms with Crippen molar-refractivity contribution in [3.63, 3.8) is 0 Å². The van der Waals surface area contributed by atoms with Crippen LogP contribution in [0.15, 0.2) is 28.2 Å². The molecule has 26 heavy (non-hydrogen) atoms. The van der Waals surface area contributed by atoms with Crippen LogP contribution in [0, 0.1) is 10.1 Å². The third-order valence-electron chi connectivity index (χ3n) is 3.61. The number of nitro benzene ring substituents is 1. The van der Waals surface area contributed by atoms with Crippen molar-refractivity contribution >= 4 is 36.5 Å². The zero-order valence-corrected chi connectivity index (χ0v) is 17.8. The quantitative estimate of drug-likeness (QED) is 0.360. The number of non-ortho nitro benzene ring substituents is 1. The molecule has 0 atom stereocenters. The molecule has 0 bridgehead atoms. The molecular weight excluding hydrogens is 476 g/mol. The number of halogens is 2. The van der Waals surface area contributed by atoms with Crippen LogP contribution in [0.3, 0.4) is 0 Å². The molecular formula is C16H19Cl2N3O4Pd. The van der Waals surface area contributed by atoms with Gasteiger partial charge >= 0.3 is 35.0 Å². The minimum atomic E-state index is -0.435. The zero-order valence-electron chi connectivity index (χ0n) is 14.7. The predicted octanol–water partition coefficient (Wildman–Crippen LogP) is 4.08. The van der Waals surface area contributed by atoms with Gasteiger partial charge in [-0.1, -0.05) is 0 Å². The van der Waals surface area contributed by atoms with E-state index < -0.39 is 4.92 Å². The van der Waals surface area contributed by atoms with Crippen molar-refractivity contribution in [3.05, 3.63) is 39.4 Å². The van der Waals surface area contributed by atoms with Crippen molar-refractivity contribution < 1.29 is 30.3 Å². The van der Waals surface area contributed by atoms with Crippen molar-refractivity contribution in [1.82, 2.24) is 0 Å². The van der Waals surface area contributed by atoms with Gasteiger partial charge in [0.05, 0.1) is 21.6 Å². The summed E-state index contributed by atoms with van der Waals surface area (Å²) in [5.74, 6) is 0.862. The summed E-state index contributed by atoms with van der Waals surface area (Å²) in [6.45, 7) is 8.74. The summed E-state index contributed by atoms with van der Waals surface area (Å²) >= 11 is -0.106. The number of aliphatic imine (C=N–C) groups is 2. The Labute approximate surface area is 168 Å². The first-order valence-corrected chi connectivity index (χ1v) is 11.7. The summed E-state index contributed by atoms with van der Waals surface area (Å²) < 4.78 is 11.3. The van der Waals surface area contributed by atoms with Crippen LogP contribution >= 0.6 is 19.1 Å². The molecule has 0 fully saturated rings. The fraction of sp³-hybridized carbons (Fsp3) is 0.500. The van der Waals surface area contributed by atoms with Gasteiger partial charge in [-0.2, -0.15) is 0 Å². The van der Waals surface area contributed by atoms with E-state index in [9.17, 15) is 10.1 Å². The van der Waals surface area contributed by atoms with Crippen LogP contribution < -0.4 is 0 Å². The van der Waals surface area contributed by atoms with Crippen LogP contribution in [-0.2, 0) is 25.4 Å². The minimum absolute atomic E-state index is 0.0161. The molecule has 1 aromatic rings. The fourth-order valence-corrected chi connectivity index (χ4v) is 2.45. The topological polar surface area (TPSA) is 86.3 Å². The molecule has 0 aliphatic carbocycles. The molecule has 0 unspecified atom stereocenters.